The Kier molecular flexibility index (Phi) is 6.12. The van der Waals surface area contributed by atoms with Crippen LogP contribution in [0.25, 0.3) is 0 Å². The molecule has 2 amide bonds. The third-order valence-corrected chi connectivity index (χ3v) is 4.23. The Labute approximate surface area is 140 Å². The third-order valence-electron chi connectivity index (χ3n) is 3.64. The molecule has 0 spiro atoms. The van der Waals surface area contributed by atoms with Crippen LogP contribution in [0, 0.1) is 5.92 Å². The number of hydrogen-bond acceptors (Lipinski definition) is 2. The number of urea groups is 1. The third kappa shape index (κ3) is 4.90. The second kappa shape index (κ2) is 7.86. The second-order valence-electron chi connectivity index (χ2n) is 5.63. The van der Waals surface area contributed by atoms with E-state index in [0.29, 0.717) is 16.5 Å². The first-order valence-electron chi connectivity index (χ1n) is 7.28. The molecule has 1 aromatic carbocycles. The molecule has 3 atom stereocenters. The van der Waals surface area contributed by atoms with Crippen LogP contribution in [0.5, 0.6) is 0 Å². The lowest BCUT2D eigenvalue weighted by atomic mass is 10.1. The smallest absolute Gasteiger partial charge is 0.315 e. The van der Waals surface area contributed by atoms with E-state index in [2.05, 4.69) is 10.6 Å². The molecule has 1 aromatic rings. The number of benzene rings is 1. The van der Waals surface area contributed by atoms with Gasteiger partial charge < -0.3 is 15.7 Å². The van der Waals surface area contributed by atoms with Crippen molar-refractivity contribution in [2.75, 3.05) is 6.61 Å². The number of aliphatic hydroxyl groups excluding tert-OH is 1. The Hall–Kier alpha value is -1.23. The number of carbonyl (C=O) groups excluding carboxylic acids is 1. The van der Waals surface area contributed by atoms with Gasteiger partial charge in [-0.1, -0.05) is 41.4 Å². The van der Waals surface area contributed by atoms with Gasteiger partial charge in [-0.15, -0.1) is 0 Å². The van der Waals surface area contributed by atoms with Gasteiger partial charge in [0.05, 0.1) is 0 Å². The number of amides is 2. The van der Waals surface area contributed by atoms with Crippen molar-refractivity contribution >= 4 is 29.2 Å². The van der Waals surface area contributed by atoms with Gasteiger partial charge >= 0.3 is 6.03 Å². The van der Waals surface area contributed by atoms with E-state index < -0.39 is 0 Å². The lowest BCUT2D eigenvalue weighted by Crippen LogP contribution is -2.45. The van der Waals surface area contributed by atoms with E-state index in [-0.39, 0.29) is 30.6 Å². The highest BCUT2D eigenvalue weighted by Gasteiger charge is 2.20. The normalized spacial score (nSPS) is 21.6. The summed E-state index contributed by atoms with van der Waals surface area (Å²) in [4.78, 5) is 12.0. The predicted molar refractivity (Wildman–Crippen MR) is 89.4 cm³/mol. The molecule has 3 N–H and O–H groups in total. The summed E-state index contributed by atoms with van der Waals surface area (Å²) >= 11 is 12.0. The number of hydrogen-bond donors (Lipinski definition) is 3. The molecule has 0 saturated carbocycles. The molecule has 0 fully saturated rings. The topological polar surface area (TPSA) is 61.4 Å². The maximum atomic E-state index is 12.0. The van der Waals surface area contributed by atoms with Crippen molar-refractivity contribution in [2.45, 2.75) is 31.8 Å². The number of nitrogens with one attached hydrogen (secondary N) is 2. The summed E-state index contributed by atoms with van der Waals surface area (Å²) in [6.45, 7) is 2.04. The molecule has 0 aromatic heterocycles. The fraction of sp³-hybridized carbons (Fsp3) is 0.438. The minimum atomic E-state index is -0.217. The van der Waals surface area contributed by atoms with Gasteiger partial charge in [0.25, 0.3) is 0 Å². The van der Waals surface area contributed by atoms with Gasteiger partial charge in [-0.2, -0.15) is 0 Å². The summed E-state index contributed by atoms with van der Waals surface area (Å²) in [5.74, 6) is 0.135. The van der Waals surface area contributed by atoms with Crippen LogP contribution in [-0.2, 0) is 6.42 Å². The van der Waals surface area contributed by atoms with Crippen LogP contribution in [0.4, 0.5) is 4.79 Å². The Bertz CT molecular complexity index is 563. The highest BCUT2D eigenvalue weighted by Crippen LogP contribution is 2.22. The molecule has 4 nitrogen and oxygen atoms in total. The molecule has 0 bridgehead atoms. The first-order chi connectivity index (χ1) is 10.5. The lowest BCUT2D eigenvalue weighted by Gasteiger charge is -2.18. The molecule has 6 heteroatoms. The first kappa shape index (κ1) is 17.1. The van der Waals surface area contributed by atoms with Crippen molar-refractivity contribution in [1.82, 2.24) is 10.6 Å². The van der Waals surface area contributed by atoms with Gasteiger partial charge in [-0.25, -0.2) is 4.79 Å². The first-order valence-corrected chi connectivity index (χ1v) is 8.03. The van der Waals surface area contributed by atoms with Gasteiger partial charge in [0.2, 0.25) is 0 Å². The van der Waals surface area contributed by atoms with Gasteiger partial charge in [-0.3, -0.25) is 0 Å². The second-order valence-corrected chi connectivity index (χ2v) is 6.47. The Morgan fingerprint density at radius 1 is 1.41 bits per heavy atom. The van der Waals surface area contributed by atoms with Crippen molar-refractivity contribution in [3.63, 3.8) is 0 Å². The van der Waals surface area contributed by atoms with E-state index in [0.717, 1.165) is 12.0 Å². The number of rotatable bonds is 5. The van der Waals surface area contributed by atoms with E-state index in [4.69, 9.17) is 28.3 Å². The molecule has 1 aliphatic rings. The van der Waals surface area contributed by atoms with Crippen molar-refractivity contribution in [3.05, 3.63) is 46.0 Å². The summed E-state index contributed by atoms with van der Waals surface area (Å²) in [5, 5.41) is 16.0. The largest absolute Gasteiger partial charge is 0.396 e. The minimum Gasteiger partial charge on any atom is -0.396 e. The Morgan fingerprint density at radius 2 is 2.18 bits per heavy atom. The fourth-order valence-electron chi connectivity index (χ4n) is 2.52. The molecule has 0 heterocycles. The van der Waals surface area contributed by atoms with Crippen LogP contribution in [0.1, 0.15) is 18.9 Å². The van der Waals surface area contributed by atoms with Crippen LogP contribution in [0.3, 0.4) is 0 Å². The predicted octanol–water partition coefficient (Wildman–Crippen LogP) is 3.16. The molecule has 1 aliphatic carbocycles. The highest BCUT2D eigenvalue weighted by atomic mass is 35.5. The van der Waals surface area contributed by atoms with Crippen molar-refractivity contribution in [2.24, 2.45) is 5.92 Å². The monoisotopic (exact) mass is 342 g/mol. The zero-order valence-electron chi connectivity index (χ0n) is 12.4. The number of halogens is 2. The molecule has 2 rings (SSSR count). The van der Waals surface area contributed by atoms with Crippen LogP contribution in [0.2, 0.25) is 10.0 Å². The van der Waals surface area contributed by atoms with Gasteiger partial charge in [0, 0.05) is 34.7 Å². The van der Waals surface area contributed by atoms with Crippen LogP contribution in [-0.4, -0.2) is 29.8 Å². The summed E-state index contributed by atoms with van der Waals surface area (Å²) < 4.78 is 0. The maximum absolute atomic E-state index is 12.0. The van der Waals surface area contributed by atoms with Crippen LogP contribution < -0.4 is 10.6 Å². The molecule has 120 valence electrons. The van der Waals surface area contributed by atoms with E-state index in [1.165, 1.54) is 0 Å². The molecule has 22 heavy (non-hydrogen) atoms. The quantitative estimate of drug-likeness (QED) is 0.719. The molecule has 0 radical (unpaired) electrons. The average Bonchev–Trinajstić information content (AvgIpc) is 2.89. The maximum Gasteiger partial charge on any atom is 0.315 e. The number of carbonyl (C=O) groups is 1. The molecular weight excluding hydrogens is 323 g/mol. The summed E-state index contributed by atoms with van der Waals surface area (Å²) in [6.07, 6.45) is 5.22. The summed E-state index contributed by atoms with van der Waals surface area (Å²) in [5.41, 5.74) is 0.944. The molecule has 0 aliphatic heterocycles. The zero-order chi connectivity index (χ0) is 16.1. The van der Waals surface area contributed by atoms with E-state index in [9.17, 15) is 4.79 Å². The zero-order valence-corrected chi connectivity index (χ0v) is 13.9. The van der Waals surface area contributed by atoms with Crippen molar-refractivity contribution < 1.29 is 9.90 Å². The minimum absolute atomic E-state index is 0.0246. The molecule has 0 saturated heterocycles. The van der Waals surface area contributed by atoms with E-state index in [1.54, 1.807) is 12.1 Å². The van der Waals surface area contributed by atoms with Crippen LogP contribution in [0.15, 0.2) is 30.4 Å². The molecular formula is C16H20Cl2N2O2. The van der Waals surface area contributed by atoms with E-state index in [1.807, 2.05) is 25.1 Å². The number of aliphatic hydroxyl groups is 1. The summed E-state index contributed by atoms with van der Waals surface area (Å²) in [6, 6.07) is 5.05. The van der Waals surface area contributed by atoms with Crippen molar-refractivity contribution in [1.29, 1.82) is 0 Å². The fourth-order valence-corrected chi connectivity index (χ4v) is 3.00. The SMILES string of the molecule is CC(Cc1ccc(Cl)cc1Cl)NC(=O)N[C@@H]1C=C[C@H](CO)C1. The van der Waals surface area contributed by atoms with Gasteiger partial charge in [0.15, 0.2) is 0 Å². The van der Waals surface area contributed by atoms with Crippen molar-refractivity contribution in [3.8, 4) is 0 Å². The Balaban J connectivity index is 1.80. The molecule has 1 unspecified atom stereocenters. The Morgan fingerprint density at radius 3 is 2.82 bits per heavy atom. The standard InChI is InChI=1S/C16H20Cl2N2O2/c1-10(6-12-3-4-13(17)8-15(12)18)19-16(22)20-14-5-2-11(7-14)9-21/h2-5,8,10-11,14,21H,6-7,9H2,1H3,(H2,19,20,22)/t10?,11-,14+/m0/s1. The van der Waals surface area contributed by atoms with E-state index >= 15 is 0 Å². The van der Waals surface area contributed by atoms with Gasteiger partial charge in [-0.05, 0) is 37.5 Å². The van der Waals surface area contributed by atoms with Gasteiger partial charge in [0.1, 0.15) is 0 Å². The highest BCUT2D eigenvalue weighted by molar-refractivity contribution is 6.35. The lowest BCUT2D eigenvalue weighted by molar-refractivity contribution is 0.229. The summed E-state index contributed by atoms with van der Waals surface area (Å²) in [7, 11) is 0. The van der Waals surface area contributed by atoms with Crippen LogP contribution >= 0.6 is 23.2 Å². The average molecular weight is 343 g/mol.